The largest absolute Gasteiger partial charge is 0.493 e. The zero-order valence-electron chi connectivity index (χ0n) is 17.3. The molecule has 0 bridgehead atoms. The van der Waals surface area contributed by atoms with Crippen molar-refractivity contribution in [3.63, 3.8) is 0 Å². The quantitative estimate of drug-likeness (QED) is 0.598. The van der Waals surface area contributed by atoms with Crippen molar-refractivity contribution < 1.29 is 28.5 Å². The van der Waals surface area contributed by atoms with Crippen LogP contribution < -0.4 is 18.9 Å². The number of esters is 1. The van der Waals surface area contributed by atoms with Gasteiger partial charge in [0.2, 0.25) is 5.75 Å². The zero-order valence-corrected chi connectivity index (χ0v) is 17.3. The molecule has 0 saturated carbocycles. The van der Waals surface area contributed by atoms with E-state index in [0.717, 1.165) is 16.7 Å². The number of hydrogen-bond donors (Lipinski definition) is 0. The molecule has 0 aromatic heterocycles. The molecule has 0 aliphatic rings. The van der Waals surface area contributed by atoms with Crippen molar-refractivity contribution in [3.05, 3.63) is 47.0 Å². The van der Waals surface area contributed by atoms with Crippen molar-refractivity contribution in [2.75, 3.05) is 27.9 Å². The summed E-state index contributed by atoms with van der Waals surface area (Å²) in [5.74, 6) is 2.05. The number of rotatable bonds is 9. The molecule has 0 unspecified atom stereocenters. The average molecular weight is 388 g/mol. The molecule has 0 fully saturated rings. The van der Waals surface area contributed by atoms with Crippen LogP contribution in [0, 0.1) is 6.92 Å². The van der Waals surface area contributed by atoms with E-state index in [0.29, 0.717) is 28.9 Å². The highest BCUT2D eigenvalue weighted by atomic mass is 16.6. The first-order chi connectivity index (χ1) is 13.4. The van der Waals surface area contributed by atoms with Gasteiger partial charge in [0.25, 0.3) is 0 Å². The van der Waals surface area contributed by atoms with Crippen molar-refractivity contribution in [1.82, 2.24) is 0 Å². The van der Waals surface area contributed by atoms with Crippen molar-refractivity contribution in [1.29, 1.82) is 0 Å². The fourth-order valence-electron chi connectivity index (χ4n) is 2.80. The molecular weight excluding hydrogens is 360 g/mol. The Morgan fingerprint density at radius 3 is 2.11 bits per heavy atom. The summed E-state index contributed by atoms with van der Waals surface area (Å²) in [5, 5.41) is 0. The topological polar surface area (TPSA) is 63.2 Å². The standard InChI is InChI=1S/C22H28O6/c1-14(2)17-8-7-15(3)9-18(17)27-13-21(23)28-12-16-10-19(24-4)22(26-6)20(11-16)25-5/h7-11,14H,12-13H2,1-6H3. The molecule has 0 radical (unpaired) electrons. The van der Waals surface area contributed by atoms with E-state index >= 15 is 0 Å². The van der Waals surface area contributed by atoms with Gasteiger partial charge in [-0.3, -0.25) is 0 Å². The van der Waals surface area contributed by atoms with Gasteiger partial charge in [0.1, 0.15) is 12.4 Å². The maximum Gasteiger partial charge on any atom is 0.344 e. The van der Waals surface area contributed by atoms with Gasteiger partial charge >= 0.3 is 5.97 Å². The normalized spacial score (nSPS) is 10.5. The van der Waals surface area contributed by atoms with Crippen LogP contribution in [0.15, 0.2) is 30.3 Å². The summed E-state index contributed by atoms with van der Waals surface area (Å²) in [6, 6.07) is 9.48. The van der Waals surface area contributed by atoms with Gasteiger partial charge in [0.15, 0.2) is 18.1 Å². The predicted molar refractivity (Wildman–Crippen MR) is 107 cm³/mol. The molecule has 0 spiro atoms. The van der Waals surface area contributed by atoms with Crippen molar-refractivity contribution in [2.45, 2.75) is 33.3 Å². The fourth-order valence-corrected chi connectivity index (χ4v) is 2.80. The first-order valence-corrected chi connectivity index (χ1v) is 9.07. The molecule has 6 heteroatoms. The zero-order chi connectivity index (χ0) is 20.7. The maximum absolute atomic E-state index is 12.2. The van der Waals surface area contributed by atoms with Crippen LogP contribution in [0.2, 0.25) is 0 Å². The summed E-state index contributed by atoms with van der Waals surface area (Å²) in [5.41, 5.74) is 2.86. The van der Waals surface area contributed by atoms with Gasteiger partial charge < -0.3 is 23.7 Å². The summed E-state index contributed by atoms with van der Waals surface area (Å²) in [4.78, 5) is 12.2. The first kappa shape index (κ1) is 21.4. The predicted octanol–water partition coefficient (Wildman–Crippen LogP) is 4.27. The highest BCUT2D eigenvalue weighted by molar-refractivity contribution is 5.71. The van der Waals surface area contributed by atoms with Crippen LogP contribution in [-0.4, -0.2) is 33.9 Å². The van der Waals surface area contributed by atoms with E-state index in [1.165, 1.54) is 21.3 Å². The van der Waals surface area contributed by atoms with Crippen LogP contribution in [-0.2, 0) is 16.1 Å². The smallest absolute Gasteiger partial charge is 0.344 e. The number of carbonyl (C=O) groups excluding carboxylic acids is 1. The van der Waals surface area contributed by atoms with Gasteiger partial charge in [-0.25, -0.2) is 4.79 Å². The lowest BCUT2D eigenvalue weighted by Gasteiger charge is -2.15. The Labute approximate surface area is 166 Å². The minimum Gasteiger partial charge on any atom is -0.493 e. The molecule has 0 heterocycles. The third kappa shape index (κ3) is 5.31. The SMILES string of the molecule is COc1cc(COC(=O)COc2cc(C)ccc2C(C)C)cc(OC)c1OC. The number of hydrogen-bond acceptors (Lipinski definition) is 6. The lowest BCUT2D eigenvalue weighted by atomic mass is 10.0. The third-order valence-electron chi connectivity index (χ3n) is 4.26. The van der Waals surface area contributed by atoms with Gasteiger partial charge in [0.05, 0.1) is 21.3 Å². The van der Waals surface area contributed by atoms with E-state index in [2.05, 4.69) is 13.8 Å². The van der Waals surface area contributed by atoms with Gasteiger partial charge in [0, 0.05) is 0 Å². The maximum atomic E-state index is 12.2. The van der Waals surface area contributed by atoms with Crippen molar-refractivity contribution in [2.24, 2.45) is 0 Å². The molecule has 0 aliphatic carbocycles. The van der Waals surface area contributed by atoms with E-state index in [1.54, 1.807) is 12.1 Å². The molecule has 0 amide bonds. The summed E-state index contributed by atoms with van der Waals surface area (Å²) < 4.78 is 27.0. The van der Waals surface area contributed by atoms with Crippen LogP contribution in [0.3, 0.4) is 0 Å². The second kappa shape index (κ2) is 9.88. The Hall–Kier alpha value is -2.89. The molecule has 2 aromatic carbocycles. The Bertz CT molecular complexity index is 788. The van der Waals surface area contributed by atoms with Crippen LogP contribution in [0.25, 0.3) is 0 Å². The van der Waals surface area contributed by atoms with Crippen LogP contribution >= 0.6 is 0 Å². The minimum absolute atomic E-state index is 0.0732. The number of carbonyl (C=O) groups is 1. The van der Waals surface area contributed by atoms with Gasteiger partial charge in [-0.05, 0) is 47.7 Å². The average Bonchev–Trinajstić information content (AvgIpc) is 2.69. The van der Waals surface area contributed by atoms with Crippen LogP contribution in [0.5, 0.6) is 23.0 Å². The number of benzene rings is 2. The van der Waals surface area contributed by atoms with E-state index < -0.39 is 5.97 Å². The Morgan fingerprint density at radius 1 is 0.929 bits per heavy atom. The van der Waals surface area contributed by atoms with E-state index in [4.69, 9.17) is 23.7 Å². The lowest BCUT2D eigenvalue weighted by Crippen LogP contribution is -2.15. The molecule has 0 saturated heterocycles. The number of aryl methyl sites for hydroxylation is 1. The first-order valence-electron chi connectivity index (χ1n) is 9.07. The highest BCUT2D eigenvalue weighted by Gasteiger charge is 2.15. The fraction of sp³-hybridized carbons (Fsp3) is 0.409. The Morgan fingerprint density at radius 2 is 1.57 bits per heavy atom. The summed E-state index contributed by atoms with van der Waals surface area (Å²) in [6.07, 6.45) is 0. The molecule has 152 valence electrons. The highest BCUT2D eigenvalue weighted by Crippen LogP contribution is 2.38. The van der Waals surface area contributed by atoms with Crippen molar-refractivity contribution in [3.8, 4) is 23.0 Å². The Balaban J connectivity index is 2.01. The van der Waals surface area contributed by atoms with Gasteiger partial charge in [-0.15, -0.1) is 0 Å². The summed E-state index contributed by atoms with van der Waals surface area (Å²) in [7, 11) is 4.61. The van der Waals surface area contributed by atoms with Gasteiger partial charge in [-0.1, -0.05) is 26.0 Å². The monoisotopic (exact) mass is 388 g/mol. The van der Waals surface area contributed by atoms with Crippen LogP contribution in [0.1, 0.15) is 36.5 Å². The summed E-state index contributed by atoms with van der Waals surface area (Å²) in [6.45, 7) is 6.07. The van der Waals surface area contributed by atoms with E-state index in [1.807, 2.05) is 25.1 Å². The molecule has 2 rings (SSSR count). The summed E-state index contributed by atoms with van der Waals surface area (Å²) >= 11 is 0. The number of ether oxygens (including phenoxy) is 5. The second-order valence-corrected chi connectivity index (χ2v) is 6.68. The second-order valence-electron chi connectivity index (χ2n) is 6.68. The number of methoxy groups -OCH3 is 3. The van der Waals surface area contributed by atoms with E-state index in [9.17, 15) is 4.79 Å². The molecule has 0 aliphatic heterocycles. The van der Waals surface area contributed by atoms with Gasteiger partial charge in [-0.2, -0.15) is 0 Å². The van der Waals surface area contributed by atoms with Crippen LogP contribution in [0.4, 0.5) is 0 Å². The third-order valence-corrected chi connectivity index (χ3v) is 4.26. The van der Waals surface area contributed by atoms with E-state index in [-0.39, 0.29) is 13.2 Å². The molecular formula is C22H28O6. The van der Waals surface area contributed by atoms with Crippen molar-refractivity contribution >= 4 is 5.97 Å². The molecule has 0 atom stereocenters. The molecule has 28 heavy (non-hydrogen) atoms. The molecule has 6 nitrogen and oxygen atoms in total. The molecule has 2 aromatic rings. The molecule has 0 N–H and O–H groups in total. The Kier molecular flexibility index (Phi) is 7.55. The minimum atomic E-state index is -0.454. The lowest BCUT2D eigenvalue weighted by molar-refractivity contribution is -0.147.